The largest absolute Gasteiger partial charge is 0.481 e. The lowest BCUT2D eigenvalue weighted by Gasteiger charge is -2.16. The summed E-state index contributed by atoms with van der Waals surface area (Å²) in [6.45, 7) is 5.69. The first-order chi connectivity index (χ1) is 5.12. The molecule has 2 heteroatoms. The molecule has 0 aliphatic rings. The standard InChI is InChI=1S/C8H16O2/c1-8(2,3)6-4-5-7(9)10/h4-6H2,1-3H3,(H,9,10)/i4D2. The Labute approximate surface area is 65.1 Å². The molecule has 0 saturated carbocycles. The lowest BCUT2D eigenvalue weighted by Crippen LogP contribution is -2.05. The van der Waals surface area contributed by atoms with Crippen molar-refractivity contribution in [2.24, 2.45) is 5.41 Å². The summed E-state index contributed by atoms with van der Waals surface area (Å²) in [7, 11) is 0. The van der Waals surface area contributed by atoms with Crippen molar-refractivity contribution in [2.75, 3.05) is 0 Å². The van der Waals surface area contributed by atoms with Gasteiger partial charge in [-0.2, -0.15) is 0 Å². The summed E-state index contributed by atoms with van der Waals surface area (Å²) in [6.07, 6.45) is -1.74. The van der Waals surface area contributed by atoms with Crippen LogP contribution in [0.15, 0.2) is 0 Å². The van der Waals surface area contributed by atoms with Crippen LogP contribution in [0.3, 0.4) is 0 Å². The SMILES string of the molecule is [2H]C([2H])(CC(=O)O)CC(C)(C)C. The minimum Gasteiger partial charge on any atom is -0.481 e. The smallest absolute Gasteiger partial charge is 0.303 e. The molecule has 10 heavy (non-hydrogen) atoms. The Kier molecular flexibility index (Phi) is 2.23. The number of aliphatic carboxylic acids is 1. The van der Waals surface area contributed by atoms with Gasteiger partial charge in [0, 0.05) is 9.16 Å². The Bertz CT molecular complexity index is 170. The van der Waals surface area contributed by atoms with E-state index < -0.39 is 18.8 Å². The van der Waals surface area contributed by atoms with Crippen molar-refractivity contribution in [3.8, 4) is 0 Å². The van der Waals surface area contributed by atoms with Crippen LogP contribution in [0, 0.1) is 5.41 Å². The number of hydrogen-bond donors (Lipinski definition) is 1. The van der Waals surface area contributed by atoms with E-state index in [1.807, 2.05) is 20.8 Å². The second-order valence-electron chi connectivity index (χ2n) is 3.56. The number of carbonyl (C=O) groups is 1. The summed E-state index contributed by atoms with van der Waals surface area (Å²) < 4.78 is 14.8. The molecule has 0 aromatic heterocycles. The summed E-state index contributed by atoms with van der Waals surface area (Å²) in [6, 6.07) is 0. The van der Waals surface area contributed by atoms with E-state index in [9.17, 15) is 4.79 Å². The summed E-state index contributed by atoms with van der Waals surface area (Å²) in [5.74, 6) is -1.08. The average Bonchev–Trinajstić information content (AvgIpc) is 1.48. The maximum Gasteiger partial charge on any atom is 0.303 e. The van der Waals surface area contributed by atoms with Gasteiger partial charge in [-0.15, -0.1) is 0 Å². The normalized spacial score (nSPS) is 15.9. The topological polar surface area (TPSA) is 37.3 Å². The highest BCUT2D eigenvalue weighted by Gasteiger charge is 2.09. The van der Waals surface area contributed by atoms with E-state index in [1.165, 1.54) is 0 Å². The van der Waals surface area contributed by atoms with Crippen molar-refractivity contribution in [1.29, 1.82) is 0 Å². The number of carboxylic acids is 1. The van der Waals surface area contributed by atoms with Gasteiger partial charge in [0.1, 0.15) is 0 Å². The fraction of sp³-hybridized carbons (Fsp3) is 0.875. The highest BCUT2D eigenvalue weighted by Crippen LogP contribution is 2.21. The molecule has 0 aliphatic carbocycles. The molecule has 0 saturated heterocycles. The van der Waals surface area contributed by atoms with E-state index in [0.29, 0.717) is 0 Å². The van der Waals surface area contributed by atoms with Gasteiger partial charge in [-0.3, -0.25) is 4.79 Å². The zero-order valence-corrected chi connectivity index (χ0v) is 6.77. The zero-order chi connectivity index (χ0) is 9.99. The molecule has 0 fully saturated rings. The van der Waals surface area contributed by atoms with Crippen LogP contribution >= 0.6 is 0 Å². The molecule has 0 bridgehead atoms. The van der Waals surface area contributed by atoms with Gasteiger partial charge in [0.15, 0.2) is 0 Å². The van der Waals surface area contributed by atoms with Gasteiger partial charge in [-0.25, -0.2) is 0 Å². The fourth-order valence-corrected chi connectivity index (χ4v) is 0.544. The quantitative estimate of drug-likeness (QED) is 0.663. The van der Waals surface area contributed by atoms with Gasteiger partial charge in [0.25, 0.3) is 0 Å². The van der Waals surface area contributed by atoms with Gasteiger partial charge in [0.05, 0.1) is 0 Å². The van der Waals surface area contributed by atoms with E-state index in [4.69, 9.17) is 7.85 Å². The maximum atomic E-state index is 10.3. The van der Waals surface area contributed by atoms with Gasteiger partial charge in [-0.1, -0.05) is 20.8 Å². The molecule has 0 spiro atoms. The van der Waals surface area contributed by atoms with Crippen molar-refractivity contribution in [2.45, 2.75) is 40.0 Å². The first-order valence-electron chi connectivity index (χ1n) is 4.34. The number of carboxylic acid groups (broad SMARTS) is 1. The molecule has 0 rings (SSSR count). The van der Waals surface area contributed by atoms with Gasteiger partial charge in [-0.05, 0) is 18.2 Å². The van der Waals surface area contributed by atoms with Crippen LogP contribution in [0.1, 0.15) is 42.7 Å². The highest BCUT2D eigenvalue weighted by molar-refractivity contribution is 5.66. The molecule has 0 atom stereocenters. The van der Waals surface area contributed by atoms with Crippen molar-refractivity contribution in [3.05, 3.63) is 0 Å². The van der Waals surface area contributed by atoms with Crippen molar-refractivity contribution in [3.63, 3.8) is 0 Å². The van der Waals surface area contributed by atoms with Crippen LogP contribution in [-0.4, -0.2) is 11.1 Å². The van der Waals surface area contributed by atoms with Crippen molar-refractivity contribution < 1.29 is 12.6 Å². The Hall–Kier alpha value is -0.530. The zero-order valence-electron chi connectivity index (χ0n) is 8.77. The summed E-state index contributed by atoms with van der Waals surface area (Å²) in [5, 5.41) is 8.41. The minimum atomic E-state index is -1.59. The van der Waals surface area contributed by atoms with Crippen LogP contribution < -0.4 is 0 Å². The second kappa shape index (κ2) is 3.59. The molecule has 2 nitrogen and oxygen atoms in total. The molecular weight excluding hydrogens is 128 g/mol. The van der Waals surface area contributed by atoms with Crippen LogP contribution in [0.2, 0.25) is 0 Å². The Morgan fingerprint density at radius 1 is 1.60 bits per heavy atom. The number of hydrogen-bond acceptors (Lipinski definition) is 1. The fourth-order valence-electron chi connectivity index (χ4n) is 0.544. The van der Waals surface area contributed by atoms with E-state index >= 15 is 0 Å². The third kappa shape index (κ3) is 7.47. The van der Waals surface area contributed by atoms with Gasteiger partial charge >= 0.3 is 5.97 Å². The molecule has 0 amide bonds. The van der Waals surface area contributed by atoms with Crippen LogP contribution in [0.4, 0.5) is 0 Å². The predicted molar refractivity (Wildman–Crippen MR) is 40.9 cm³/mol. The first-order valence-corrected chi connectivity index (χ1v) is 3.34. The molecule has 0 aromatic carbocycles. The maximum absolute atomic E-state index is 10.3. The van der Waals surface area contributed by atoms with Crippen molar-refractivity contribution in [1.82, 2.24) is 0 Å². The third-order valence-electron chi connectivity index (χ3n) is 0.932. The van der Waals surface area contributed by atoms with Crippen LogP contribution in [0.25, 0.3) is 0 Å². The van der Waals surface area contributed by atoms with E-state index in [2.05, 4.69) is 0 Å². The monoisotopic (exact) mass is 146 g/mol. The molecule has 0 heterocycles. The second-order valence-corrected chi connectivity index (χ2v) is 3.56. The molecular formula is C8H16O2. The van der Waals surface area contributed by atoms with Gasteiger partial charge in [0.2, 0.25) is 0 Å². The van der Waals surface area contributed by atoms with Crippen LogP contribution in [0.5, 0.6) is 0 Å². The molecule has 0 aromatic rings. The predicted octanol–water partition coefficient (Wildman–Crippen LogP) is 2.29. The van der Waals surface area contributed by atoms with Crippen LogP contribution in [-0.2, 0) is 4.79 Å². The Morgan fingerprint density at radius 3 is 2.40 bits per heavy atom. The first kappa shape index (κ1) is 6.20. The molecule has 0 aliphatic heterocycles. The Balaban J connectivity index is 4.13. The highest BCUT2D eigenvalue weighted by atomic mass is 16.4. The van der Waals surface area contributed by atoms with E-state index in [1.54, 1.807) is 0 Å². The summed E-state index contributed by atoms with van der Waals surface area (Å²) in [5.41, 5.74) is -0.168. The lowest BCUT2D eigenvalue weighted by molar-refractivity contribution is -0.137. The minimum absolute atomic E-state index is 0.168. The van der Waals surface area contributed by atoms with Gasteiger partial charge < -0.3 is 5.11 Å². The number of rotatable bonds is 3. The van der Waals surface area contributed by atoms with E-state index in [0.717, 1.165) is 0 Å². The molecule has 1 N–H and O–H groups in total. The lowest BCUT2D eigenvalue weighted by atomic mass is 9.90. The third-order valence-corrected chi connectivity index (χ3v) is 0.932. The molecule has 60 valence electrons. The summed E-state index contributed by atoms with van der Waals surface area (Å²) in [4.78, 5) is 10.3. The summed E-state index contributed by atoms with van der Waals surface area (Å²) >= 11 is 0. The average molecular weight is 146 g/mol. The van der Waals surface area contributed by atoms with Crippen molar-refractivity contribution >= 4 is 5.97 Å². The molecule has 0 unspecified atom stereocenters. The van der Waals surface area contributed by atoms with E-state index in [-0.39, 0.29) is 11.8 Å². The Morgan fingerprint density at radius 2 is 2.10 bits per heavy atom. The molecule has 0 radical (unpaired) electrons.